The molecule has 6 heteroatoms. The maximum atomic E-state index is 12.5. The summed E-state index contributed by atoms with van der Waals surface area (Å²) in [6.45, 7) is 9.14. The number of furan rings is 1. The molecule has 1 aromatic heterocycles. The van der Waals surface area contributed by atoms with Gasteiger partial charge in [-0.15, -0.1) is 0 Å². The lowest BCUT2D eigenvalue weighted by molar-refractivity contribution is -0.139. The number of carbonyl (C=O) groups is 2. The van der Waals surface area contributed by atoms with E-state index in [0.29, 0.717) is 18.9 Å². The van der Waals surface area contributed by atoms with Gasteiger partial charge in [0.05, 0.1) is 19.2 Å². The van der Waals surface area contributed by atoms with Crippen LogP contribution >= 0.6 is 0 Å². The fourth-order valence-corrected chi connectivity index (χ4v) is 4.13. The first-order valence-electron chi connectivity index (χ1n) is 10.0. The largest absolute Gasteiger partial charge is 0.480 e. The van der Waals surface area contributed by atoms with E-state index in [1.54, 1.807) is 6.26 Å². The summed E-state index contributed by atoms with van der Waals surface area (Å²) in [7, 11) is 0. The number of benzene rings is 1. The van der Waals surface area contributed by atoms with E-state index in [9.17, 15) is 9.59 Å². The van der Waals surface area contributed by atoms with Gasteiger partial charge in [-0.25, -0.2) is 0 Å². The van der Waals surface area contributed by atoms with Crippen LogP contribution in [0.5, 0.6) is 0 Å². The number of hydrogen-bond acceptors (Lipinski definition) is 4. The first-order valence-corrected chi connectivity index (χ1v) is 10.0. The maximum Gasteiger partial charge on any atom is 0.317 e. The summed E-state index contributed by atoms with van der Waals surface area (Å²) < 4.78 is 5.67. The molecule has 0 saturated heterocycles. The van der Waals surface area contributed by atoms with Crippen LogP contribution in [0, 0.1) is 6.92 Å². The lowest BCUT2D eigenvalue weighted by Gasteiger charge is -2.42. The molecule has 6 nitrogen and oxygen atoms in total. The Morgan fingerprint density at radius 2 is 2.04 bits per heavy atom. The summed E-state index contributed by atoms with van der Waals surface area (Å²) in [5, 5.41) is 13.1. The Hall–Kier alpha value is -2.34. The van der Waals surface area contributed by atoms with Gasteiger partial charge in [-0.3, -0.25) is 14.5 Å². The standard InChI is InChI=1S/C22H30N2O4/c1-5-24(11-22(26)27)17-8-16(9-17)23-21(25)7-15-12-28-20-6-14(4)18(13(2)3)10-19(15)20/h6,10,12-13,16-17H,5,7-9,11H2,1-4H3,(H,23,25)(H,26,27). The molecular weight excluding hydrogens is 356 g/mol. The number of amides is 1. The normalized spacial score (nSPS) is 19.2. The molecule has 2 aromatic rings. The van der Waals surface area contributed by atoms with Crippen molar-refractivity contribution in [2.75, 3.05) is 13.1 Å². The third-order valence-corrected chi connectivity index (χ3v) is 5.75. The van der Waals surface area contributed by atoms with Crippen molar-refractivity contribution in [2.45, 2.75) is 65.0 Å². The van der Waals surface area contributed by atoms with Crippen molar-refractivity contribution in [2.24, 2.45) is 0 Å². The number of fused-ring (bicyclic) bond motifs is 1. The third-order valence-electron chi connectivity index (χ3n) is 5.75. The zero-order valence-electron chi connectivity index (χ0n) is 17.1. The van der Waals surface area contributed by atoms with Gasteiger partial charge in [0.15, 0.2) is 0 Å². The van der Waals surface area contributed by atoms with Gasteiger partial charge in [-0.05, 0) is 55.5 Å². The molecule has 0 unspecified atom stereocenters. The molecule has 152 valence electrons. The van der Waals surface area contributed by atoms with Crippen LogP contribution in [0.15, 0.2) is 22.8 Å². The molecule has 2 N–H and O–H groups in total. The lowest BCUT2D eigenvalue weighted by Crippen LogP contribution is -2.55. The van der Waals surface area contributed by atoms with Gasteiger partial charge in [-0.1, -0.05) is 20.8 Å². The molecular formula is C22H30N2O4. The van der Waals surface area contributed by atoms with Crippen molar-refractivity contribution in [3.8, 4) is 0 Å². The first-order chi connectivity index (χ1) is 13.3. The van der Waals surface area contributed by atoms with E-state index in [0.717, 1.165) is 29.4 Å². The highest BCUT2D eigenvalue weighted by Gasteiger charge is 2.34. The smallest absolute Gasteiger partial charge is 0.317 e. The van der Waals surface area contributed by atoms with Crippen molar-refractivity contribution >= 4 is 22.8 Å². The van der Waals surface area contributed by atoms with E-state index >= 15 is 0 Å². The van der Waals surface area contributed by atoms with Crippen molar-refractivity contribution in [1.29, 1.82) is 0 Å². The number of nitrogens with zero attached hydrogens (tertiary/aromatic N) is 1. The molecule has 0 bridgehead atoms. The van der Waals surface area contributed by atoms with Gasteiger partial charge in [0.2, 0.25) is 5.91 Å². The van der Waals surface area contributed by atoms with E-state index in [1.165, 1.54) is 11.1 Å². The summed E-state index contributed by atoms with van der Waals surface area (Å²) in [5.74, 6) is -0.406. The fourth-order valence-electron chi connectivity index (χ4n) is 4.13. The Labute approximate surface area is 165 Å². The Morgan fingerprint density at radius 3 is 2.64 bits per heavy atom. The number of carbonyl (C=O) groups excluding carboxylic acids is 1. The molecule has 0 spiro atoms. The summed E-state index contributed by atoms with van der Waals surface area (Å²) in [6, 6.07) is 4.54. The van der Waals surface area contributed by atoms with Crippen LogP contribution in [0.1, 0.15) is 56.2 Å². The molecule has 0 aliphatic heterocycles. The number of nitrogens with one attached hydrogen (secondary N) is 1. The Balaban J connectivity index is 1.59. The molecule has 3 rings (SSSR count). The van der Waals surface area contributed by atoms with E-state index in [-0.39, 0.29) is 24.5 Å². The van der Waals surface area contributed by atoms with Crippen molar-refractivity contribution in [3.05, 3.63) is 35.1 Å². The van der Waals surface area contributed by atoms with Gasteiger partial charge < -0.3 is 14.8 Å². The molecule has 1 amide bonds. The molecule has 1 saturated carbocycles. The highest BCUT2D eigenvalue weighted by molar-refractivity contribution is 5.88. The zero-order chi connectivity index (χ0) is 20.4. The predicted molar refractivity (Wildman–Crippen MR) is 109 cm³/mol. The molecule has 28 heavy (non-hydrogen) atoms. The summed E-state index contributed by atoms with van der Waals surface area (Å²) in [6.07, 6.45) is 3.58. The second kappa shape index (κ2) is 8.35. The van der Waals surface area contributed by atoms with Gasteiger partial charge in [0.1, 0.15) is 5.58 Å². The van der Waals surface area contributed by atoms with Crippen LogP contribution in [0.25, 0.3) is 11.0 Å². The number of aliphatic carboxylic acids is 1. The molecule has 1 aliphatic carbocycles. The second-order valence-corrected chi connectivity index (χ2v) is 8.14. The second-order valence-electron chi connectivity index (χ2n) is 8.14. The van der Waals surface area contributed by atoms with Crippen LogP contribution < -0.4 is 5.32 Å². The Kier molecular flexibility index (Phi) is 6.08. The molecule has 0 atom stereocenters. The highest BCUT2D eigenvalue weighted by atomic mass is 16.4. The van der Waals surface area contributed by atoms with Crippen LogP contribution in [0.4, 0.5) is 0 Å². The van der Waals surface area contributed by atoms with Gasteiger partial charge >= 0.3 is 5.97 Å². The minimum atomic E-state index is -0.808. The van der Waals surface area contributed by atoms with E-state index in [2.05, 4.69) is 32.2 Å². The molecule has 1 fully saturated rings. The quantitative estimate of drug-likeness (QED) is 0.726. The van der Waals surface area contributed by atoms with E-state index in [4.69, 9.17) is 9.52 Å². The monoisotopic (exact) mass is 386 g/mol. The van der Waals surface area contributed by atoms with Crippen LogP contribution in [-0.4, -0.2) is 47.1 Å². The van der Waals surface area contributed by atoms with E-state index < -0.39 is 5.97 Å². The third kappa shape index (κ3) is 4.38. The van der Waals surface area contributed by atoms with Crippen molar-refractivity contribution in [1.82, 2.24) is 10.2 Å². The number of carboxylic acid groups (broad SMARTS) is 1. The Morgan fingerprint density at radius 1 is 1.32 bits per heavy atom. The minimum absolute atomic E-state index is 0.0147. The number of aryl methyl sites for hydroxylation is 1. The van der Waals surface area contributed by atoms with Gasteiger partial charge in [0.25, 0.3) is 0 Å². The summed E-state index contributed by atoms with van der Waals surface area (Å²) in [5.41, 5.74) is 4.21. The van der Waals surface area contributed by atoms with Crippen LogP contribution in [0.2, 0.25) is 0 Å². The first kappa shape index (κ1) is 20.4. The topological polar surface area (TPSA) is 82.8 Å². The van der Waals surface area contributed by atoms with Crippen LogP contribution in [0.3, 0.4) is 0 Å². The van der Waals surface area contributed by atoms with E-state index in [1.807, 2.05) is 17.9 Å². The summed E-state index contributed by atoms with van der Waals surface area (Å²) in [4.78, 5) is 25.4. The lowest BCUT2D eigenvalue weighted by atomic mass is 9.85. The van der Waals surface area contributed by atoms with Crippen molar-refractivity contribution in [3.63, 3.8) is 0 Å². The minimum Gasteiger partial charge on any atom is -0.480 e. The molecule has 0 radical (unpaired) electrons. The molecule has 1 aromatic carbocycles. The SMILES string of the molecule is CCN(CC(=O)O)C1CC(NC(=O)Cc2coc3cc(C)c(C(C)C)cc23)C1. The number of carboxylic acids is 1. The average Bonchev–Trinajstić information content (AvgIpc) is 2.96. The fraction of sp³-hybridized carbons (Fsp3) is 0.545. The molecule has 1 aliphatic rings. The Bertz CT molecular complexity index is 865. The summed E-state index contributed by atoms with van der Waals surface area (Å²) >= 11 is 0. The number of rotatable bonds is 8. The van der Waals surface area contributed by atoms with Crippen LogP contribution in [-0.2, 0) is 16.0 Å². The highest BCUT2D eigenvalue weighted by Crippen LogP contribution is 2.30. The van der Waals surface area contributed by atoms with Gasteiger partial charge in [-0.2, -0.15) is 0 Å². The van der Waals surface area contributed by atoms with Gasteiger partial charge in [0, 0.05) is 23.0 Å². The van der Waals surface area contributed by atoms with Crippen molar-refractivity contribution < 1.29 is 19.1 Å². The number of hydrogen-bond donors (Lipinski definition) is 2. The maximum absolute atomic E-state index is 12.5. The number of likely N-dealkylation sites (N-methyl/N-ethyl adjacent to an activating group) is 1. The predicted octanol–water partition coefficient (Wildman–Crippen LogP) is 3.46. The average molecular weight is 386 g/mol. The zero-order valence-corrected chi connectivity index (χ0v) is 17.1. The molecule has 1 heterocycles.